The maximum absolute atomic E-state index is 12.9. The summed E-state index contributed by atoms with van der Waals surface area (Å²) in [6, 6.07) is 6.43. The zero-order valence-electron chi connectivity index (χ0n) is 10.0. The van der Waals surface area contributed by atoms with Crippen LogP contribution in [-0.2, 0) is 6.42 Å². The average molecular weight is 246 g/mol. The Hall–Kier alpha value is -1.68. The minimum atomic E-state index is -0.247. The van der Waals surface area contributed by atoms with E-state index in [4.69, 9.17) is 0 Å². The van der Waals surface area contributed by atoms with Gasteiger partial charge in [-0.3, -0.25) is 0 Å². The Morgan fingerprint density at radius 3 is 2.83 bits per heavy atom. The van der Waals surface area contributed by atoms with Crippen molar-refractivity contribution >= 4 is 0 Å². The van der Waals surface area contributed by atoms with Crippen molar-refractivity contribution in [3.05, 3.63) is 42.0 Å². The molecule has 1 unspecified atom stereocenters. The molecule has 2 heterocycles. The van der Waals surface area contributed by atoms with Crippen molar-refractivity contribution in [1.29, 1.82) is 0 Å². The van der Waals surface area contributed by atoms with Gasteiger partial charge in [0.1, 0.15) is 11.6 Å². The maximum Gasteiger partial charge on any atom is 0.140 e. The maximum atomic E-state index is 12.9. The first-order valence-corrected chi connectivity index (χ1v) is 6.22. The second kappa shape index (κ2) is 4.53. The number of aliphatic hydroxyl groups is 1. The fourth-order valence-corrected chi connectivity index (χ4v) is 2.62. The molecule has 1 aliphatic heterocycles. The lowest BCUT2D eigenvalue weighted by atomic mass is 10.0. The molecule has 4 heteroatoms. The molecular formula is C14H15FN2O. The standard InChI is InChI=1S/C14H15FN2O/c15-11-6-4-10(5-7-11)14-16-8-12-2-1-3-13(9-18)17(12)14/h4-8,13,18H,1-3,9H2. The molecule has 1 N–H and O–H groups in total. The molecule has 1 atom stereocenters. The lowest BCUT2D eigenvalue weighted by molar-refractivity contribution is 0.208. The predicted octanol–water partition coefficient (Wildman–Crippen LogP) is 2.56. The molecule has 0 saturated heterocycles. The molecule has 94 valence electrons. The number of nitrogens with zero attached hydrogens (tertiary/aromatic N) is 2. The van der Waals surface area contributed by atoms with Crippen LogP contribution in [0.3, 0.4) is 0 Å². The summed E-state index contributed by atoms with van der Waals surface area (Å²) in [7, 11) is 0. The van der Waals surface area contributed by atoms with E-state index in [1.165, 1.54) is 12.1 Å². The van der Waals surface area contributed by atoms with Crippen LogP contribution in [0.25, 0.3) is 11.4 Å². The first-order valence-electron chi connectivity index (χ1n) is 6.22. The van der Waals surface area contributed by atoms with E-state index in [1.807, 2.05) is 6.20 Å². The number of hydrogen-bond acceptors (Lipinski definition) is 2. The van der Waals surface area contributed by atoms with E-state index in [0.29, 0.717) is 0 Å². The van der Waals surface area contributed by atoms with Crippen molar-refractivity contribution in [2.75, 3.05) is 6.61 Å². The lowest BCUT2D eigenvalue weighted by Gasteiger charge is -2.25. The predicted molar refractivity (Wildman–Crippen MR) is 66.7 cm³/mol. The number of aromatic nitrogens is 2. The topological polar surface area (TPSA) is 38.1 Å². The van der Waals surface area contributed by atoms with E-state index < -0.39 is 0 Å². The van der Waals surface area contributed by atoms with Crippen molar-refractivity contribution < 1.29 is 9.50 Å². The molecular weight excluding hydrogens is 231 g/mol. The Bertz CT molecular complexity index is 547. The summed E-state index contributed by atoms with van der Waals surface area (Å²) in [5, 5.41) is 9.46. The third-order valence-electron chi connectivity index (χ3n) is 3.52. The third kappa shape index (κ3) is 1.82. The van der Waals surface area contributed by atoms with Gasteiger partial charge in [0.15, 0.2) is 0 Å². The zero-order chi connectivity index (χ0) is 12.5. The van der Waals surface area contributed by atoms with Crippen LogP contribution in [0.15, 0.2) is 30.5 Å². The molecule has 0 radical (unpaired) electrons. The molecule has 0 fully saturated rings. The number of fused-ring (bicyclic) bond motifs is 1. The highest BCUT2D eigenvalue weighted by Crippen LogP contribution is 2.30. The molecule has 1 aliphatic rings. The number of hydrogen-bond donors (Lipinski definition) is 1. The van der Waals surface area contributed by atoms with Crippen LogP contribution in [0.4, 0.5) is 4.39 Å². The van der Waals surface area contributed by atoms with Gasteiger partial charge in [0.05, 0.1) is 12.6 Å². The number of rotatable bonds is 2. The number of aliphatic hydroxyl groups excluding tert-OH is 1. The fraction of sp³-hybridized carbons (Fsp3) is 0.357. The van der Waals surface area contributed by atoms with Gasteiger partial charge in [0.25, 0.3) is 0 Å². The molecule has 0 saturated carbocycles. The Morgan fingerprint density at radius 2 is 2.11 bits per heavy atom. The van der Waals surface area contributed by atoms with Crippen LogP contribution in [0, 0.1) is 5.82 Å². The second-order valence-corrected chi connectivity index (χ2v) is 4.68. The van der Waals surface area contributed by atoms with E-state index >= 15 is 0 Å². The number of benzene rings is 1. The Morgan fingerprint density at radius 1 is 1.33 bits per heavy atom. The highest BCUT2D eigenvalue weighted by Gasteiger charge is 2.23. The normalized spacial score (nSPS) is 18.7. The fourth-order valence-electron chi connectivity index (χ4n) is 2.62. The summed E-state index contributed by atoms with van der Waals surface area (Å²) < 4.78 is 15.0. The van der Waals surface area contributed by atoms with Crippen LogP contribution >= 0.6 is 0 Å². The summed E-state index contributed by atoms with van der Waals surface area (Å²) in [5.74, 6) is 0.576. The third-order valence-corrected chi connectivity index (χ3v) is 3.52. The van der Waals surface area contributed by atoms with Crippen LogP contribution in [0.2, 0.25) is 0 Å². The van der Waals surface area contributed by atoms with Crippen molar-refractivity contribution in [3.63, 3.8) is 0 Å². The van der Waals surface area contributed by atoms with Gasteiger partial charge in [-0.1, -0.05) is 0 Å². The first-order chi connectivity index (χ1) is 8.79. The molecule has 2 aromatic rings. The average Bonchev–Trinajstić information content (AvgIpc) is 2.83. The van der Waals surface area contributed by atoms with Gasteiger partial charge in [0, 0.05) is 17.5 Å². The van der Waals surface area contributed by atoms with Gasteiger partial charge in [-0.15, -0.1) is 0 Å². The summed E-state index contributed by atoms with van der Waals surface area (Å²) in [5.41, 5.74) is 2.04. The monoisotopic (exact) mass is 246 g/mol. The second-order valence-electron chi connectivity index (χ2n) is 4.68. The molecule has 0 spiro atoms. The van der Waals surface area contributed by atoms with Crippen molar-refractivity contribution in [2.45, 2.75) is 25.3 Å². The number of imidazole rings is 1. The Kier molecular flexibility index (Phi) is 2.88. The Labute approximate surface area is 105 Å². The smallest absolute Gasteiger partial charge is 0.140 e. The van der Waals surface area contributed by atoms with Crippen LogP contribution < -0.4 is 0 Å². The van der Waals surface area contributed by atoms with Crippen LogP contribution in [0.1, 0.15) is 24.6 Å². The zero-order valence-corrected chi connectivity index (χ0v) is 10.0. The molecule has 1 aromatic carbocycles. The van der Waals surface area contributed by atoms with Gasteiger partial charge in [-0.2, -0.15) is 0 Å². The minimum absolute atomic E-state index is 0.0938. The quantitative estimate of drug-likeness (QED) is 0.884. The van der Waals surface area contributed by atoms with Crippen LogP contribution in [-0.4, -0.2) is 21.3 Å². The molecule has 0 bridgehead atoms. The van der Waals surface area contributed by atoms with Gasteiger partial charge >= 0.3 is 0 Å². The molecule has 18 heavy (non-hydrogen) atoms. The van der Waals surface area contributed by atoms with Gasteiger partial charge in [-0.25, -0.2) is 9.37 Å². The van der Waals surface area contributed by atoms with Gasteiger partial charge in [-0.05, 0) is 43.5 Å². The largest absolute Gasteiger partial charge is 0.394 e. The van der Waals surface area contributed by atoms with E-state index in [2.05, 4.69) is 9.55 Å². The van der Waals surface area contributed by atoms with Crippen molar-refractivity contribution in [1.82, 2.24) is 9.55 Å². The summed E-state index contributed by atoms with van der Waals surface area (Å²) in [6.07, 6.45) is 4.90. The molecule has 0 amide bonds. The van der Waals surface area contributed by atoms with E-state index in [9.17, 15) is 9.50 Å². The number of halogens is 1. The van der Waals surface area contributed by atoms with Crippen LogP contribution in [0.5, 0.6) is 0 Å². The van der Waals surface area contributed by atoms with Gasteiger partial charge in [0.2, 0.25) is 0 Å². The highest BCUT2D eigenvalue weighted by molar-refractivity contribution is 5.56. The summed E-state index contributed by atoms with van der Waals surface area (Å²) >= 11 is 0. The lowest BCUT2D eigenvalue weighted by Crippen LogP contribution is -2.21. The van der Waals surface area contributed by atoms with Gasteiger partial charge < -0.3 is 9.67 Å². The van der Waals surface area contributed by atoms with E-state index in [-0.39, 0.29) is 18.5 Å². The van der Waals surface area contributed by atoms with Crippen molar-refractivity contribution in [2.24, 2.45) is 0 Å². The molecule has 3 rings (SSSR count). The van der Waals surface area contributed by atoms with Crippen molar-refractivity contribution in [3.8, 4) is 11.4 Å². The SMILES string of the molecule is OCC1CCCc2cnc(-c3ccc(F)cc3)n21. The molecule has 0 aliphatic carbocycles. The first kappa shape index (κ1) is 11.4. The molecule has 3 nitrogen and oxygen atoms in total. The molecule has 1 aromatic heterocycles. The minimum Gasteiger partial charge on any atom is -0.394 e. The summed E-state index contributed by atoms with van der Waals surface area (Å²) in [6.45, 7) is 0.123. The summed E-state index contributed by atoms with van der Waals surface area (Å²) in [4.78, 5) is 4.43. The number of aryl methyl sites for hydroxylation is 1. The highest BCUT2D eigenvalue weighted by atomic mass is 19.1. The van der Waals surface area contributed by atoms with E-state index in [1.54, 1.807) is 12.1 Å². The van der Waals surface area contributed by atoms with E-state index in [0.717, 1.165) is 36.3 Å². The Balaban J connectivity index is 2.08.